The minimum atomic E-state index is 0.623. The van der Waals surface area contributed by atoms with Gasteiger partial charge in [0.2, 0.25) is 0 Å². The van der Waals surface area contributed by atoms with Gasteiger partial charge in [-0.05, 0) is 37.0 Å². The lowest BCUT2D eigenvalue weighted by molar-refractivity contribution is 0.712. The molecule has 0 spiro atoms. The summed E-state index contributed by atoms with van der Waals surface area (Å²) in [4.78, 5) is 13.0. The predicted molar refractivity (Wildman–Crippen MR) is 109 cm³/mol. The van der Waals surface area contributed by atoms with Crippen molar-refractivity contribution in [2.24, 2.45) is 0 Å². The molecule has 3 aromatic rings. The van der Waals surface area contributed by atoms with E-state index in [1.807, 2.05) is 6.07 Å². The summed E-state index contributed by atoms with van der Waals surface area (Å²) in [5.74, 6) is 1.70. The van der Waals surface area contributed by atoms with Gasteiger partial charge in [-0.1, -0.05) is 41.4 Å². The van der Waals surface area contributed by atoms with E-state index in [0.717, 1.165) is 44.2 Å². The summed E-state index contributed by atoms with van der Waals surface area (Å²) in [7, 11) is 0. The zero-order valence-electron chi connectivity index (χ0n) is 14.4. The second kappa shape index (κ2) is 6.36. The average molecular weight is 387 g/mol. The largest absolute Gasteiger partial charge is 0.357 e. The summed E-state index contributed by atoms with van der Waals surface area (Å²) in [6, 6.07) is 10.3. The number of pyridine rings is 1. The Morgan fingerprint density at radius 3 is 2.46 bits per heavy atom. The van der Waals surface area contributed by atoms with Crippen molar-refractivity contribution in [2.75, 3.05) is 29.4 Å². The van der Waals surface area contributed by atoms with Crippen molar-refractivity contribution in [3.63, 3.8) is 0 Å². The molecular formula is C20H20Cl2N4. The van der Waals surface area contributed by atoms with Crippen molar-refractivity contribution in [2.45, 2.75) is 25.8 Å². The minimum absolute atomic E-state index is 0.623. The maximum Gasteiger partial charge on any atom is 0.150 e. The first-order valence-electron chi connectivity index (χ1n) is 9.15. The van der Waals surface area contributed by atoms with Gasteiger partial charge in [0.05, 0.1) is 16.6 Å². The van der Waals surface area contributed by atoms with E-state index in [1.54, 1.807) is 0 Å². The van der Waals surface area contributed by atoms with Crippen LogP contribution in [0.1, 0.15) is 24.1 Å². The van der Waals surface area contributed by atoms with Crippen LogP contribution in [0.25, 0.3) is 10.9 Å². The van der Waals surface area contributed by atoms with Gasteiger partial charge < -0.3 is 14.8 Å². The van der Waals surface area contributed by atoms with E-state index in [9.17, 15) is 0 Å². The van der Waals surface area contributed by atoms with Crippen LogP contribution >= 0.6 is 23.2 Å². The third-order valence-electron chi connectivity index (χ3n) is 5.48. The molecule has 1 fully saturated rings. The van der Waals surface area contributed by atoms with Crippen LogP contribution in [-0.2, 0) is 13.0 Å². The third kappa shape index (κ3) is 2.63. The predicted octanol–water partition coefficient (Wildman–Crippen LogP) is 5.03. The number of rotatable bonds is 2. The standard InChI is InChI=1S/C20H20Cl2N4/c21-15-11-16(22)20(24-19(15)25-8-3-4-9-25)26-10-7-14-13-5-1-2-6-17(13)23-18(14)12-26/h1-2,5-6,11,23H,3-4,7-10,12H2. The van der Waals surface area contributed by atoms with Crippen LogP contribution in [0.15, 0.2) is 30.3 Å². The van der Waals surface area contributed by atoms with Crippen LogP contribution in [0.4, 0.5) is 11.6 Å². The van der Waals surface area contributed by atoms with Gasteiger partial charge in [0.1, 0.15) is 11.6 Å². The molecule has 0 unspecified atom stereocenters. The third-order valence-corrected chi connectivity index (χ3v) is 6.04. The van der Waals surface area contributed by atoms with E-state index in [1.165, 1.54) is 35.0 Å². The molecule has 6 heteroatoms. The molecule has 0 atom stereocenters. The summed E-state index contributed by atoms with van der Waals surface area (Å²) in [6.07, 6.45) is 3.37. The van der Waals surface area contributed by atoms with Crippen molar-refractivity contribution in [3.8, 4) is 0 Å². The first-order chi connectivity index (χ1) is 12.7. The number of fused-ring (bicyclic) bond motifs is 3. The molecule has 0 saturated carbocycles. The lowest BCUT2D eigenvalue weighted by Crippen LogP contribution is -2.31. The Bertz CT molecular complexity index is 975. The van der Waals surface area contributed by atoms with Crippen molar-refractivity contribution in [1.29, 1.82) is 0 Å². The second-order valence-corrected chi connectivity index (χ2v) is 7.91. The molecule has 4 heterocycles. The number of halogens is 2. The lowest BCUT2D eigenvalue weighted by atomic mass is 10.0. The Labute approximate surface area is 162 Å². The second-order valence-electron chi connectivity index (χ2n) is 7.09. The summed E-state index contributed by atoms with van der Waals surface area (Å²) < 4.78 is 0. The van der Waals surface area contributed by atoms with Gasteiger partial charge in [-0.25, -0.2) is 4.98 Å². The highest BCUT2D eigenvalue weighted by Gasteiger charge is 2.25. The molecule has 1 aromatic carbocycles. The fraction of sp³-hybridized carbons (Fsp3) is 0.350. The Kier molecular flexibility index (Phi) is 3.98. The maximum atomic E-state index is 6.53. The molecule has 1 saturated heterocycles. The summed E-state index contributed by atoms with van der Waals surface area (Å²) in [5.41, 5.74) is 3.88. The van der Waals surface area contributed by atoms with Crippen LogP contribution in [0, 0.1) is 0 Å². The van der Waals surface area contributed by atoms with Gasteiger partial charge >= 0.3 is 0 Å². The van der Waals surface area contributed by atoms with E-state index in [0.29, 0.717) is 10.0 Å². The Balaban J connectivity index is 1.51. The van der Waals surface area contributed by atoms with Crippen LogP contribution in [0.2, 0.25) is 10.0 Å². The number of hydrogen-bond acceptors (Lipinski definition) is 3. The van der Waals surface area contributed by atoms with Crippen LogP contribution in [0.3, 0.4) is 0 Å². The van der Waals surface area contributed by atoms with Crippen LogP contribution in [-0.4, -0.2) is 29.6 Å². The van der Waals surface area contributed by atoms with Crippen molar-refractivity contribution >= 4 is 45.7 Å². The van der Waals surface area contributed by atoms with Crippen LogP contribution < -0.4 is 9.80 Å². The number of nitrogens with zero attached hydrogens (tertiary/aromatic N) is 3. The number of aromatic nitrogens is 2. The van der Waals surface area contributed by atoms with E-state index in [2.05, 4.69) is 39.0 Å². The van der Waals surface area contributed by atoms with Crippen molar-refractivity contribution in [1.82, 2.24) is 9.97 Å². The molecule has 0 radical (unpaired) electrons. The number of aromatic amines is 1. The Morgan fingerprint density at radius 1 is 0.923 bits per heavy atom. The Hall–Kier alpha value is -1.91. The molecule has 4 nitrogen and oxygen atoms in total. The number of H-pyrrole nitrogens is 1. The normalized spacial score (nSPS) is 17.2. The van der Waals surface area contributed by atoms with Gasteiger partial charge in [0.15, 0.2) is 0 Å². The number of benzene rings is 1. The number of hydrogen-bond donors (Lipinski definition) is 1. The molecule has 26 heavy (non-hydrogen) atoms. The molecule has 5 rings (SSSR count). The average Bonchev–Trinajstić information content (AvgIpc) is 3.29. The molecule has 2 aliphatic rings. The number of para-hydroxylation sites is 1. The maximum absolute atomic E-state index is 6.53. The molecule has 2 aromatic heterocycles. The first kappa shape index (κ1) is 16.3. The highest BCUT2D eigenvalue weighted by atomic mass is 35.5. The minimum Gasteiger partial charge on any atom is -0.357 e. The molecule has 1 N–H and O–H groups in total. The quantitative estimate of drug-likeness (QED) is 0.670. The highest BCUT2D eigenvalue weighted by molar-refractivity contribution is 6.37. The van der Waals surface area contributed by atoms with E-state index in [-0.39, 0.29) is 0 Å². The van der Waals surface area contributed by atoms with E-state index < -0.39 is 0 Å². The fourth-order valence-electron chi connectivity index (χ4n) is 4.19. The summed E-state index contributed by atoms with van der Waals surface area (Å²) in [5, 5.41) is 2.59. The smallest absolute Gasteiger partial charge is 0.150 e. The zero-order chi connectivity index (χ0) is 17.7. The molecule has 2 aliphatic heterocycles. The monoisotopic (exact) mass is 386 g/mol. The number of anilines is 2. The van der Waals surface area contributed by atoms with Gasteiger partial charge in [0, 0.05) is 36.2 Å². The summed E-state index contributed by atoms with van der Waals surface area (Å²) in [6.45, 7) is 3.72. The van der Waals surface area contributed by atoms with E-state index in [4.69, 9.17) is 28.2 Å². The van der Waals surface area contributed by atoms with Gasteiger partial charge in [-0.15, -0.1) is 0 Å². The molecule has 0 aliphatic carbocycles. The topological polar surface area (TPSA) is 35.2 Å². The molecule has 0 amide bonds. The van der Waals surface area contributed by atoms with E-state index >= 15 is 0 Å². The Morgan fingerprint density at radius 2 is 1.65 bits per heavy atom. The lowest BCUT2D eigenvalue weighted by Gasteiger charge is -2.30. The van der Waals surface area contributed by atoms with Crippen molar-refractivity contribution < 1.29 is 0 Å². The molecular weight excluding hydrogens is 367 g/mol. The van der Waals surface area contributed by atoms with Gasteiger partial charge in [-0.3, -0.25) is 0 Å². The zero-order valence-corrected chi connectivity index (χ0v) is 15.9. The summed E-state index contributed by atoms with van der Waals surface area (Å²) >= 11 is 13.0. The molecule has 0 bridgehead atoms. The van der Waals surface area contributed by atoms with Crippen LogP contribution in [0.5, 0.6) is 0 Å². The fourth-order valence-corrected chi connectivity index (χ4v) is 4.79. The first-order valence-corrected chi connectivity index (χ1v) is 9.91. The molecule has 134 valence electrons. The van der Waals surface area contributed by atoms with Crippen molar-refractivity contribution in [3.05, 3.63) is 51.6 Å². The van der Waals surface area contributed by atoms with Gasteiger partial charge in [0.25, 0.3) is 0 Å². The van der Waals surface area contributed by atoms with Gasteiger partial charge in [-0.2, -0.15) is 0 Å². The highest BCUT2D eigenvalue weighted by Crippen LogP contribution is 2.37. The number of nitrogens with one attached hydrogen (secondary N) is 1. The SMILES string of the molecule is Clc1cc(Cl)c(N2CCc3c([nH]c4ccccc34)C2)nc1N1CCCC1.